The summed E-state index contributed by atoms with van der Waals surface area (Å²) >= 11 is 0. The van der Waals surface area contributed by atoms with Crippen molar-refractivity contribution in [1.29, 1.82) is 5.26 Å². The third-order valence-corrected chi connectivity index (χ3v) is 7.56. The number of nitriles is 1. The van der Waals surface area contributed by atoms with Crippen LogP contribution in [0.1, 0.15) is 36.8 Å². The van der Waals surface area contributed by atoms with Crippen LogP contribution in [0.2, 0.25) is 0 Å². The molecule has 4 nitrogen and oxygen atoms in total. The first-order valence-electron chi connectivity index (χ1n) is 7.35. The largest absolute Gasteiger partial charge is 0.299 e. The summed E-state index contributed by atoms with van der Waals surface area (Å²) in [6, 6.07) is 5.73. The highest BCUT2D eigenvalue weighted by atomic mass is 32.2. The van der Waals surface area contributed by atoms with Gasteiger partial charge >= 0.3 is 0 Å². The molecule has 1 aromatic rings. The number of carbonyl (C=O) groups excluding carboxylic acids is 1. The Morgan fingerprint density at radius 1 is 1.27 bits per heavy atom. The first-order valence-corrected chi connectivity index (χ1v) is 8.96. The van der Waals surface area contributed by atoms with E-state index in [2.05, 4.69) is 0 Å². The maximum Gasteiger partial charge on any atom is 0.156 e. The van der Waals surface area contributed by atoms with Crippen molar-refractivity contribution in [2.24, 2.45) is 5.92 Å². The molecule has 0 amide bonds. The van der Waals surface area contributed by atoms with Crippen LogP contribution < -0.4 is 0 Å². The molecular weight excluding hydrogens is 305 g/mol. The molecule has 2 aliphatic heterocycles. The Morgan fingerprint density at radius 2 is 1.91 bits per heavy atom. The lowest BCUT2D eigenvalue weighted by atomic mass is 9.89. The number of Topliss-reactive ketones (excluding diaryl/α,β-unsaturated/α-hetero) is 1. The molecule has 2 aliphatic rings. The summed E-state index contributed by atoms with van der Waals surface area (Å²) in [5, 5.41) is 8.23. The van der Waals surface area contributed by atoms with E-state index >= 15 is 0 Å². The molecule has 3 rings (SSSR count). The van der Waals surface area contributed by atoms with Crippen LogP contribution in [0.4, 0.5) is 4.39 Å². The number of hydrogen-bond acceptors (Lipinski definition) is 4. The monoisotopic (exact) mass is 321 g/mol. The van der Waals surface area contributed by atoms with Gasteiger partial charge in [0.25, 0.3) is 0 Å². The Balaban J connectivity index is 1.77. The molecule has 0 aromatic heterocycles. The van der Waals surface area contributed by atoms with E-state index in [0.717, 1.165) is 0 Å². The molecule has 2 unspecified atom stereocenters. The molecule has 1 aromatic carbocycles. The second kappa shape index (κ2) is 5.47. The third kappa shape index (κ3) is 2.54. The Hall–Kier alpha value is -1.74. The molecule has 22 heavy (non-hydrogen) atoms. The first kappa shape index (κ1) is 15.2. The van der Waals surface area contributed by atoms with Crippen molar-refractivity contribution in [3.63, 3.8) is 0 Å². The Kier molecular flexibility index (Phi) is 3.77. The Morgan fingerprint density at radius 3 is 2.50 bits per heavy atom. The molecule has 2 saturated heterocycles. The van der Waals surface area contributed by atoms with Crippen LogP contribution in [0.5, 0.6) is 0 Å². The smallest absolute Gasteiger partial charge is 0.156 e. The third-order valence-electron chi connectivity index (χ3n) is 4.84. The van der Waals surface area contributed by atoms with Gasteiger partial charge in [0, 0.05) is 12.3 Å². The summed E-state index contributed by atoms with van der Waals surface area (Å²) in [6.07, 6.45) is 2.01. The number of carbonyl (C=O) groups is 1. The van der Waals surface area contributed by atoms with Gasteiger partial charge < -0.3 is 0 Å². The molecule has 2 bridgehead atoms. The van der Waals surface area contributed by atoms with Crippen LogP contribution in [0.3, 0.4) is 0 Å². The number of rotatable bonds is 3. The van der Waals surface area contributed by atoms with Gasteiger partial charge in [-0.05, 0) is 49.4 Å². The zero-order valence-electron chi connectivity index (χ0n) is 12.0. The average Bonchev–Trinajstić information content (AvgIpc) is 2.67. The van der Waals surface area contributed by atoms with E-state index in [1.165, 1.54) is 18.2 Å². The predicted molar refractivity (Wildman–Crippen MR) is 78.3 cm³/mol. The van der Waals surface area contributed by atoms with Gasteiger partial charge in [0.05, 0.1) is 22.1 Å². The van der Waals surface area contributed by atoms with Gasteiger partial charge in [0.1, 0.15) is 11.6 Å². The normalized spacial score (nSPS) is 29.0. The first-order chi connectivity index (χ1) is 10.4. The molecule has 2 fully saturated rings. The number of nitrogens with zero attached hydrogens (tertiary/aromatic N) is 1. The molecule has 116 valence electrons. The second-order valence-corrected chi connectivity index (χ2v) is 8.65. The number of benzene rings is 1. The quantitative estimate of drug-likeness (QED) is 0.855. The fourth-order valence-electron chi connectivity index (χ4n) is 3.62. The van der Waals surface area contributed by atoms with Crippen LogP contribution >= 0.6 is 0 Å². The molecule has 2 atom stereocenters. The van der Waals surface area contributed by atoms with Crippen molar-refractivity contribution in [2.45, 2.75) is 42.6 Å². The molecule has 0 spiro atoms. The zero-order valence-corrected chi connectivity index (χ0v) is 12.8. The highest BCUT2D eigenvalue weighted by Gasteiger charge is 2.48. The molecule has 0 radical (unpaired) electrons. The fraction of sp³-hybridized carbons (Fsp3) is 0.500. The highest BCUT2D eigenvalue weighted by molar-refractivity contribution is 7.93. The minimum atomic E-state index is -3.05. The second-order valence-electron chi connectivity index (χ2n) is 6.14. The van der Waals surface area contributed by atoms with E-state index in [0.29, 0.717) is 36.8 Å². The SMILES string of the molecule is N#Cc1ccc(F)cc1CC(=O)C1CC2CCC(C1)S2(=O)=O. The molecule has 6 heteroatoms. The maximum atomic E-state index is 13.3. The minimum absolute atomic E-state index is 0.00912. The van der Waals surface area contributed by atoms with Crippen molar-refractivity contribution >= 4 is 15.6 Å². The van der Waals surface area contributed by atoms with Crippen molar-refractivity contribution in [2.75, 3.05) is 0 Å². The van der Waals surface area contributed by atoms with Gasteiger partial charge in [-0.2, -0.15) is 5.26 Å². The summed E-state index contributed by atoms with van der Waals surface area (Å²) < 4.78 is 37.4. The van der Waals surface area contributed by atoms with Crippen LogP contribution in [-0.4, -0.2) is 24.7 Å². The van der Waals surface area contributed by atoms with Crippen LogP contribution in [-0.2, 0) is 21.1 Å². The molecule has 2 heterocycles. The Labute approximate surface area is 128 Å². The lowest BCUT2D eigenvalue weighted by molar-refractivity contribution is -0.122. The predicted octanol–water partition coefficient (Wildman–Crippen LogP) is 2.16. The van der Waals surface area contributed by atoms with E-state index in [1.807, 2.05) is 6.07 Å². The van der Waals surface area contributed by atoms with E-state index < -0.39 is 26.2 Å². The number of sulfone groups is 1. The van der Waals surface area contributed by atoms with Crippen LogP contribution in [0, 0.1) is 23.1 Å². The summed E-state index contributed by atoms with van der Waals surface area (Å²) in [5.74, 6) is -0.863. The number of ketones is 1. The summed E-state index contributed by atoms with van der Waals surface area (Å²) in [6.45, 7) is 0. The molecular formula is C16H16FNO3S. The fourth-order valence-corrected chi connectivity index (χ4v) is 6.09. The highest BCUT2D eigenvalue weighted by Crippen LogP contribution is 2.41. The number of fused-ring (bicyclic) bond motifs is 2. The van der Waals surface area contributed by atoms with Gasteiger partial charge in [-0.15, -0.1) is 0 Å². The van der Waals surface area contributed by atoms with Crippen LogP contribution in [0.25, 0.3) is 0 Å². The minimum Gasteiger partial charge on any atom is -0.299 e. The van der Waals surface area contributed by atoms with Crippen molar-refractivity contribution in [3.05, 3.63) is 35.1 Å². The number of hydrogen-bond donors (Lipinski definition) is 0. The lowest BCUT2D eigenvalue weighted by Crippen LogP contribution is -2.36. The molecule has 0 saturated carbocycles. The van der Waals surface area contributed by atoms with E-state index in [4.69, 9.17) is 5.26 Å². The topological polar surface area (TPSA) is 75.0 Å². The van der Waals surface area contributed by atoms with Gasteiger partial charge in [0.15, 0.2) is 9.84 Å². The molecule has 0 aliphatic carbocycles. The number of halogens is 1. The Bertz CT molecular complexity index is 746. The van der Waals surface area contributed by atoms with Gasteiger partial charge in [0.2, 0.25) is 0 Å². The summed E-state index contributed by atoms with van der Waals surface area (Å²) in [5.41, 5.74) is 0.675. The van der Waals surface area contributed by atoms with E-state index in [9.17, 15) is 17.6 Å². The lowest BCUT2D eigenvalue weighted by Gasteiger charge is -2.27. The summed E-state index contributed by atoms with van der Waals surface area (Å²) in [4.78, 5) is 12.5. The van der Waals surface area contributed by atoms with Crippen LogP contribution in [0.15, 0.2) is 18.2 Å². The van der Waals surface area contributed by atoms with Crippen molar-refractivity contribution < 1.29 is 17.6 Å². The van der Waals surface area contributed by atoms with Crippen molar-refractivity contribution in [1.82, 2.24) is 0 Å². The standard InChI is InChI=1S/C16H16FNO3S/c17-13-2-1-10(9-18)11(5-13)8-16(19)12-6-14-3-4-15(7-12)22(14,20)21/h1-2,5,12,14-15H,3-4,6-8H2. The van der Waals surface area contributed by atoms with Crippen molar-refractivity contribution in [3.8, 4) is 6.07 Å². The molecule has 0 N–H and O–H groups in total. The zero-order chi connectivity index (χ0) is 15.9. The van der Waals surface area contributed by atoms with E-state index in [1.54, 1.807) is 0 Å². The maximum absolute atomic E-state index is 13.3. The summed E-state index contributed by atoms with van der Waals surface area (Å²) in [7, 11) is -3.05. The van der Waals surface area contributed by atoms with Gasteiger partial charge in [-0.25, -0.2) is 12.8 Å². The van der Waals surface area contributed by atoms with E-state index in [-0.39, 0.29) is 18.1 Å². The van der Waals surface area contributed by atoms with Gasteiger partial charge in [-0.1, -0.05) is 0 Å². The van der Waals surface area contributed by atoms with Gasteiger partial charge in [-0.3, -0.25) is 4.79 Å². The average molecular weight is 321 g/mol.